The lowest BCUT2D eigenvalue weighted by atomic mass is 9.75. The van der Waals surface area contributed by atoms with Crippen molar-refractivity contribution in [3.8, 4) is 0 Å². The Morgan fingerprint density at radius 3 is 2.47 bits per heavy atom. The largest absolute Gasteiger partial charge is 0.385 e. The summed E-state index contributed by atoms with van der Waals surface area (Å²) < 4.78 is 0. The minimum absolute atomic E-state index is 0.172. The van der Waals surface area contributed by atoms with E-state index in [0.29, 0.717) is 5.69 Å². The van der Waals surface area contributed by atoms with Crippen LogP contribution in [0, 0.1) is 0 Å². The predicted octanol–water partition coefficient (Wildman–Crippen LogP) is 1.77. The average molecular weight is 235 g/mol. The fourth-order valence-corrected chi connectivity index (χ4v) is 2.86. The van der Waals surface area contributed by atoms with Crippen molar-refractivity contribution in [2.75, 3.05) is 14.1 Å². The summed E-state index contributed by atoms with van der Waals surface area (Å²) in [6.45, 7) is 0. The summed E-state index contributed by atoms with van der Waals surface area (Å²) in [6.07, 6.45) is 10.1. The highest BCUT2D eigenvalue weighted by Crippen LogP contribution is 2.41. The van der Waals surface area contributed by atoms with Gasteiger partial charge in [-0.3, -0.25) is 9.97 Å². The van der Waals surface area contributed by atoms with Crippen LogP contribution in [-0.2, 0) is 0 Å². The first kappa shape index (κ1) is 12.5. The van der Waals surface area contributed by atoms with Crippen molar-refractivity contribution in [1.29, 1.82) is 0 Å². The quantitative estimate of drug-likeness (QED) is 0.867. The molecule has 4 nitrogen and oxygen atoms in total. The number of rotatable bonds is 3. The Morgan fingerprint density at radius 2 is 1.94 bits per heavy atom. The third kappa shape index (κ3) is 2.33. The zero-order valence-corrected chi connectivity index (χ0v) is 10.6. The normalized spacial score (nSPS) is 21.4. The van der Waals surface area contributed by atoms with Crippen molar-refractivity contribution < 1.29 is 5.11 Å². The van der Waals surface area contributed by atoms with Crippen LogP contribution in [0.25, 0.3) is 0 Å². The molecule has 0 bridgehead atoms. The number of nitrogens with zero attached hydrogens (tertiary/aromatic N) is 3. The molecule has 0 saturated heterocycles. The third-order valence-electron chi connectivity index (χ3n) is 3.98. The molecular formula is C13H21N3O. The molecule has 0 spiro atoms. The van der Waals surface area contributed by atoms with E-state index >= 15 is 0 Å². The van der Waals surface area contributed by atoms with Gasteiger partial charge in [-0.15, -0.1) is 0 Å². The van der Waals surface area contributed by atoms with Gasteiger partial charge < -0.3 is 10.0 Å². The fraction of sp³-hybridized carbons (Fsp3) is 0.692. The second-order valence-corrected chi connectivity index (χ2v) is 5.09. The van der Waals surface area contributed by atoms with Crippen LogP contribution < -0.4 is 0 Å². The molecule has 1 fully saturated rings. The van der Waals surface area contributed by atoms with Gasteiger partial charge in [0.15, 0.2) is 0 Å². The number of likely N-dealkylation sites (N-methyl/N-ethyl adjacent to an activating group) is 1. The maximum atomic E-state index is 10.6. The summed E-state index contributed by atoms with van der Waals surface area (Å²) in [5.41, 5.74) is 0.511. The summed E-state index contributed by atoms with van der Waals surface area (Å²) in [4.78, 5) is 10.5. The SMILES string of the molecule is CN(C)C1(C(O)c2cnccn2)CCCCC1. The second-order valence-electron chi connectivity index (χ2n) is 5.09. The van der Waals surface area contributed by atoms with Gasteiger partial charge in [0.1, 0.15) is 6.10 Å². The molecule has 1 N–H and O–H groups in total. The molecule has 17 heavy (non-hydrogen) atoms. The Labute approximate surface area is 103 Å². The van der Waals surface area contributed by atoms with Gasteiger partial charge >= 0.3 is 0 Å². The maximum absolute atomic E-state index is 10.6. The molecule has 0 aliphatic heterocycles. The smallest absolute Gasteiger partial charge is 0.116 e. The van der Waals surface area contributed by atoms with E-state index in [0.717, 1.165) is 12.8 Å². The summed E-state index contributed by atoms with van der Waals surface area (Å²) in [7, 11) is 4.09. The van der Waals surface area contributed by atoms with E-state index in [-0.39, 0.29) is 5.54 Å². The van der Waals surface area contributed by atoms with Crippen LogP contribution in [0.4, 0.5) is 0 Å². The Kier molecular flexibility index (Phi) is 3.74. The molecule has 2 rings (SSSR count). The fourth-order valence-electron chi connectivity index (χ4n) is 2.86. The molecule has 1 aromatic heterocycles. The van der Waals surface area contributed by atoms with E-state index < -0.39 is 6.10 Å². The lowest BCUT2D eigenvalue weighted by Gasteiger charge is -2.46. The molecule has 1 unspecified atom stereocenters. The molecule has 1 heterocycles. The molecule has 1 saturated carbocycles. The standard InChI is InChI=1S/C13H21N3O/c1-16(2)13(6-4-3-5-7-13)12(17)11-10-14-8-9-15-11/h8-10,12,17H,3-7H2,1-2H3. The predicted molar refractivity (Wildman–Crippen MR) is 66.5 cm³/mol. The van der Waals surface area contributed by atoms with Gasteiger partial charge in [0.2, 0.25) is 0 Å². The van der Waals surface area contributed by atoms with E-state index in [1.165, 1.54) is 19.3 Å². The van der Waals surface area contributed by atoms with Crippen LogP contribution in [0.1, 0.15) is 43.9 Å². The van der Waals surface area contributed by atoms with Gasteiger partial charge in [-0.2, -0.15) is 0 Å². The Balaban J connectivity index is 2.27. The average Bonchev–Trinajstić information content (AvgIpc) is 2.39. The monoisotopic (exact) mass is 235 g/mol. The highest BCUT2D eigenvalue weighted by Gasteiger charge is 2.42. The number of hydrogen-bond acceptors (Lipinski definition) is 4. The molecule has 1 aliphatic rings. The molecular weight excluding hydrogens is 214 g/mol. The Hall–Kier alpha value is -1.00. The minimum Gasteiger partial charge on any atom is -0.385 e. The number of aliphatic hydroxyl groups excluding tert-OH is 1. The van der Waals surface area contributed by atoms with Crippen LogP contribution in [0.15, 0.2) is 18.6 Å². The van der Waals surface area contributed by atoms with Gasteiger partial charge in [-0.1, -0.05) is 19.3 Å². The van der Waals surface area contributed by atoms with Gasteiger partial charge in [0.25, 0.3) is 0 Å². The van der Waals surface area contributed by atoms with Crippen LogP contribution in [0.5, 0.6) is 0 Å². The highest BCUT2D eigenvalue weighted by molar-refractivity contribution is 5.10. The van der Waals surface area contributed by atoms with E-state index in [1.54, 1.807) is 18.6 Å². The van der Waals surface area contributed by atoms with Gasteiger partial charge in [0.05, 0.1) is 17.4 Å². The van der Waals surface area contributed by atoms with E-state index in [9.17, 15) is 5.11 Å². The van der Waals surface area contributed by atoms with Crippen molar-refractivity contribution in [2.24, 2.45) is 0 Å². The lowest BCUT2D eigenvalue weighted by molar-refractivity contribution is -0.0359. The molecule has 1 aromatic rings. The van der Waals surface area contributed by atoms with Crippen LogP contribution >= 0.6 is 0 Å². The lowest BCUT2D eigenvalue weighted by Crippen LogP contribution is -2.50. The molecule has 4 heteroatoms. The van der Waals surface area contributed by atoms with E-state index in [2.05, 4.69) is 14.9 Å². The third-order valence-corrected chi connectivity index (χ3v) is 3.98. The summed E-state index contributed by atoms with van der Waals surface area (Å²) >= 11 is 0. The molecule has 94 valence electrons. The van der Waals surface area contributed by atoms with Crippen molar-refractivity contribution in [1.82, 2.24) is 14.9 Å². The minimum atomic E-state index is -0.550. The number of hydrogen-bond donors (Lipinski definition) is 1. The maximum Gasteiger partial charge on any atom is 0.116 e. The highest BCUT2D eigenvalue weighted by atomic mass is 16.3. The first-order valence-corrected chi connectivity index (χ1v) is 6.28. The van der Waals surface area contributed by atoms with Gasteiger partial charge in [-0.25, -0.2) is 0 Å². The van der Waals surface area contributed by atoms with Gasteiger partial charge in [0, 0.05) is 12.4 Å². The molecule has 1 atom stereocenters. The van der Waals surface area contributed by atoms with Crippen molar-refractivity contribution in [3.05, 3.63) is 24.3 Å². The number of aliphatic hydroxyl groups is 1. The molecule has 0 amide bonds. The van der Waals surface area contributed by atoms with Crippen molar-refractivity contribution in [2.45, 2.75) is 43.7 Å². The first-order valence-electron chi connectivity index (χ1n) is 6.28. The molecule has 0 aromatic carbocycles. The topological polar surface area (TPSA) is 49.2 Å². The number of aromatic nitrogens is 2. The zero-order chi connectivity index (χ0) is 12.3. The van der Waals surface area contributed by atoms with Crippen LogP contribution in [0.2, 0.25) is 0 Å². The zero-order valence-electron chi connectivity index (χ0n) is 10.6. The molecule has 0 radical (unpaired) electrons. The van der Waals surface area contributed by atoms with E-state index in [1.807, 2.05) is 14.1 Å². The molecule has 1 aliphatic carbocycles. The summed E-state index contributed by atoms with van der Waals surface area (Å²) in [5, 5.41) is 10.6. The van der Waals surface area contributed by atoms with Crippen molar-refractivity contribution in [3.63, 3.8) is 0 Å². The summed E-state index contributed by atoms with van der Waals surface area (Å²) in [5.74, 6) is 0. The Bertz CT molecular complexity index is 347. The van der Waals surface area contributed by atoms with Gasteiger partial charge in [-0.05, 0) is 26.9 Å². The van der Waals surface area contributed by atoms with E-state index in [4.69, 9.17) is 0 Å². The van der Waals surface area contributed by atoms with Crippen LogP contribution in [-0.4, -0.2) is 39.6 Å². The Morgan fingerprint density at radius 1 is 1.24 bits per heavy atom. The first-order chi connectivity index (χ1) is 8.17. The van der Waals surface area contributed by atoms with Crippen LogP contribution in [0.3, 0.4) is 0 Å². The van der Waals surface area contributed by atoms with Crippen molar-refractivity contribution >= 4 is 0 Å². The summed E-state index contributed by atoms with van der Waals surface area (Å²) in [6, 6.07) is 0. The second kappa shape index (κ2) is 5.10.